The number of carbonyl (C=O) groups excluding carboxylic acids is 2. The van der Waals surface area contributed by atoms with E-state index in [0.29, 0.717) is 17.1 Å². The Hall–Kier alpha value is -3.55. The number of hydrazone groups is 1. The lowest BCUT2D eigenvalue weighted by atomic mass is 9.63. The van der Waals surface area contributed by atoms with Gasteiger partial charge < -0.3 is 4.42 Å². The summed E-state index contributed by atoms with van der Waals surface area (Å²) in [5.74, 6) is -0.0769. The van der Waals surface area contributed by atoms with Gasteiger partial charge in [-0.2, -0.15) is 10.1 Å². The maximum atomic E-state index is 12.8. The van der Waals surface area contributed by atoms with Crippen LogP contribution in [0, 0.1) is 40.7 Å². The first-order valence-electron chi connectivity index (χ1n) is 9.89. The molecule has 4 unspecified atom stereocenters. The van der Waals surface area contributed by atoms with Gasteiger partial charge in [0.2, 0.25) is 0 Å². The first-order valence-corrected chi connectivity index (χ1v) is 9.89. The molecule has 2 aromatic rings. The van der Waals surface area contributed by atoms with Crippen LogP contribution in [-0.4, -0.2) is 28.0 Å². The molecule has 8 nitrogen and oxygen atoms in total. The van der Waals surface area contributed by atoms with E-state index in [1.54, 1.807) is 18.2 Å². The van der Waals surface area contributed by atoms with Crippen LogP contribution >= 0.6 is 0 Å². The Balaban J connectivity index is 1.39. The summed E-state index contributed by atoms with van der Waals surface area (Å²) < 4.78 is 5.76. The number of rotatable bonds is 4. The second kappa shape index (κ2) is 6.76. The van der Waals surface area contributed by atoms with Gasteiger partial charge in [0.25, 0.3) is 17.5 Å². The smallest absolute Gasteiger partial charge is 0.270 e. The molecule has 2 bridgehead atoms. The van der Waals surface area contributed by atoms with E-state index in [1.165, 1.54) is 18.3 Å². The minimum Gasteiger partial charge on any atom is -0.455 e. The number of non-ortho nitro benzene ring substituents is 1. The van der Waals surface area contributed by atoms with Gasteiger partial charge in [-0.1, -0.05) is 18.2 Å². The van der Waals surface area contributed by atoms with Gasteiger partial charge in [-0.05, 0) is 49.3 Å². The number of fused-ring (bicyclic) bond motifs is 1. The molecule has 6 rings (SSSR count). The fraction of sp³-hybridized carbons (Fsp3) is 0.318. The molecule has 1 aliphatic heterocycles. The molecule has 152 valence electrons. The summed E-state index contributed by atoms with van der Waals surface area (Å²) in [4.78, 5) is 36.2. The largest absolute Gasteiger partial charge is 0.455 e. The lowest BCUT2D eigenvalue weighted by Crippen LogP contribution is -2.38. The Kier molecular flexibility index (Phi) is 4.16. The monoisotopic (exact) mass is 405 g/mol. The van der Waals surface area contributed by atoms with Crippen molar-refractivity contribution in [2.75, 3.05) is 0 Å². The third-order valence-electron chi connectivity index (χ3n) is 6.36. The summed E-state index contributed by atoms with van der Waals surface area (Å²) in [6, 6.07) is 7.90. The van der Waals surface area contributed by atoms with Gasteiger partial charge >= 0.3 is 0 Å². The van der Waals surface area contributed by atoms with Gasteiger partial charge in [0.05, 0.1) is 23.0 Å². The van der Waals surface area contributed by atoms with Crippen molar-refractivity contribution >= 4 is 23.7 Å². The van der Waals surface area contributed by atoms with Crippen molar-refractivity contribution in [3.05, 3.63) is 63.9 Å². The van der Waals surface area contributed by atoms with Crippen LogP contribution in [0.4, 0.5) is 5.69 Å². The van der Waals surface area contributed by atoms with E-state index in [4.69, 9.17) is 4.42 Å². The number of hydrogen-bond acceptors (Lipinski definition) is 6. The van der Waals surface area contributed by atoms with Crippen LogP contribution in [0.15, 0.2) is 52.0 Å². The molecular formula is C22H19N3O5. The Bertz CT molecular complexity index is 1100. The Morgan fingerprint density at radius 1 is 1.10 bits per heavy atom. The molecule has 2 fully saturated rings. The van der Waals surface area contributed by atoms with Gasteiger partial charge in [0.15, 0.2) is 0 Å². The highest BCUT2D eigenvalue weighted by Gasteiger charge is 2.56. The maximum absolute atomic E-state index is 12.8. The van der Waals surface area contributed by atoms with Gasteiger partial charge in [0, 0.05) is 17.7 Å². The molecule has 30 heavy (non-hydrogen) atoms. The molecule has 3 aliphatic carbocycles. The zero-order valence-corrected chi connectivity index (χ0v) is 16.2. The molecule has 1 saturated heterocycles. The Labute approximate surface area is 172 Å². The second-order valence-corrected chi connectivity index (χ2v) is 8.03. The number of carbonyl (C=O) groups is 2. The number of nitrogens with zero attached hydrogens (tertiary/aromatic N) is 3. The van der Waals surface area contributed by atoms with E-state index < -0.39 is 4.92 Å². The third kappa shape index (κ3) is 2.79. The lowest BCUT2D eigenvalue weighted by Gasteiger charge is -2.37. The van der Waals surface area contributed by atoms with Gasteiger partial charge in [0.1, 0.15) is 11.5 Å². The number of amides is 2. The minimum absolute atomic E-state index is 0.0266. The molecule has 1 aromatic carbocycles. The number of allylic oxidation sites excluding steroid dienone is 2. The number of nitro groups is 1. The third-order valence-corrected chi connectivity index (χ3v) is 6.36. The van der Waals surface area contributed by atoms with E-state index >= 15 is 0 Å². The van der Waals surface area contributed by atoms with Crippen molar-refractivity contribution in [1.29, 1.82) is 0 Å². The number of furan rings is 1. The van der Waals surface area contributed by atoms with Gasteiger partial charge in [-0.3, -0.25) is 19.7 Å². The number of nitro benzene ring substituents is 1. The van der Waals surface area contributed by atoms with E-state index in [2.05, 4.69) is 17.3 Å². The van der Waals surface area contributed by atoms with Gasteiger partial charge in [-0.15, -0.1) is 0 Å². The highest BCUT2D eigenvalue weighted by Crippen LogP contribution is 2.49. The molecule has 4 aliphatic rings. The molecular weight excluding hydrogens is 386 g/mol. The minimum atomic E-state index is -0.458. The standard InChI is InChI=1S/C22H19N3O5/c1-12-2-7-15(25(28)29)10-17(12)18-9-8-16(30-18)11-23-24-21(26)19-13-3-4-14(6-5-13)20(19)22(24)27/h2-4,7-11,13-14,19-20H,5-6H2,1H3/b23-11+. The average Bonchev–Trinajstić information content (AvgIpc) is 3.32. The van der Waals surface area contributed by atoms with Crippen molar-refractivity contribution < 1.29 is 18.9 Å². The fourth-order valence-electron chi connectivity index (χ4n) is 4.84. The van der Waals surface area contributed by atoms with Crippen molar-refractivity contribution in [3.63, 3.8) is 0 Å². The first-order chi connectivity index (χ1) is 14.4. The molecule has 0 spiro atoms. The number of imide groups is 1. The molecule has 4 atom stereocenters. The second-order valence-electron chi connectivity index (χ2n) is 8.03. The molecule has 0 radical (unpaired) electrons. The fourth-order valence-corrected chi connectivity index (χ4v) is 4.84. The molecule has 1 saturated carbocycles. The quantitative estimate of drug-likeness (QED) is 0.254. The van der Waals surface area contributed by atoms with Crippen molar-refractivity contribution in [2.45, 2.75) is 19.8 Å². The number of aryl methyl sites for hydroxylation is 1. The summed E-state index contributed by atoms with van der Waals surface area (Å²) in [5, 5.41) is 16.2. The summed E-state index contributed by atoms with van der Waals surface area (Å²) in [7, 11) is 0. The number of hydrogen-bond donors (Lipinski definition) is 0. The van der Waals surface area contributed by atoms with E-state index in [0.717, 1.165) is 23.4 Å². The SMILES string of the molecule is Cc1ccc([N+](=O)[O-])cc1-c1ccc(/C=N/N2C(=O)C3C4C=CC(CC4)C3C2=O)o1. The van der Waals surface area contributed by atoms with Crippen molar-refractivity contribution in [3.8, 4) is 11.3 Å². The van der Waals surface area contributed by atoms with Crippen LogP contribution in [0.2, 0.25) is 0 Å². The topological polar surface area (TPSA) is 106 Å². The van der Waals surface area contributed by atoms with E-state index in [1.807, 2.05) is 6.92 Å². The predicted octanol–water partition coefficient (Wildman–Crippen LogP) is 3.69. The van der Waals surface area contributed by atoms with Crippen LogP contribution < -0.4 is 0 Å². The first kappa shape index (κ1) is 18.5. The zero-order valence-electron chi connectivity index (χ0n) is 16.2. The summed E-state index contributed by atoms with van der Waals surface area (Å²) in [5.41, 5.74) is 1.41. The zero-order chi connectivity index (χ0) is 21.0. The van der Waals surface area contributed by atoms with Crippen LogP contribution in [-0.2, 0) is 9.59 Å². The maximum Gasteiger partial charge on any atom is 0.270 e. The van der Waals surface area contributed by atoms with Crippen LogP contribution in [0.3, 0.4) is 0 Å². The molecule has 0 N–H and O–H groups in total. The predicted molar refractivity (Wildman–Crippen MR) is 107 cm³/mol. The van der Waals surface area contributed by atoms with Crippen LogP contribution in [0.25, 0.3) is 11.3 Å². The highest BCUT2D eigenvalue weighted by atomic mass is 16.6. The van der Waals surface area contributed by atoms with Gasteiger partial charge in [-0.25, -0.2) is 0 Å². The molecule has 2 amide bonds. The highest BCUT2D eigenvalue weighted by molar-refractivity contribution is 6.06. The Morgan fingerprint density at radius 2 is 1.77 bits per heavy atom. The summed E-state index contributed by atoms with van der Waals surface area (Å²) in [6.07, 6.45) is 7.34. The average molecular weight is 405 g/mol. The van der Waals surface area contributed by atoms with Crippen molar-refractivity contribution in [1.82, 2.24) is 5.01 Å². The Morgan fingerprint density at radius 3 is 2.37 bits per heavy atom. The van der Waals surface area contributed by atoms with E-state index in [9.17, 15) is 19.7 Å². The van der Waals surface area contributed by atoms with Crippen LogP contribution in [0.5, 0.6) is 0 Å². The van der Waals surface area contributed by atoms with Crippen LogP contribution in [0.1, 0.15) is 24.2 Å². The lowest BCUT2D eigenvalue weighted by molar-refractivity contribution is -0.384. The normalized spacial score (nSPS) is 27.3. The van der Waals surface area contributed by atoms with Crippen molar-refractivity contribution in [2.24, 2.45) is 28.8 Å². The molecule has 2 heterocycles. The molecule has 8 heteroatoms. The summed E-state index contributed by atoms with van der Waals surface area (Å²) in [6.45, 7) is 1.83. The molecule has 1 aromatic heterocycles. The summed E-state index contributed by atoms with van der Waals surface area (Å²) >= 11 is 0. The van der Waals surface area contributed by atoms with E-state index in [-0.39, 0.29) is 41.2 Å². The number of benzene rings is 1.